The van der Waals surface area contributed by atoms with Crippen LogP contribution in [0, 0.1) is 3.57 Å². The van der Waals surface area contributed by atoms with Crippen LogP contribution in [0.1, 0.15) is 0 Å². The molecule has 2 N–H and O–H groups in total. The predicted octanol–water partition coefficient (Wildman–Crippen LogP) is 0.965. The van der Waals surface area contributed by atoms with Crippen molar-refractivity contribution in [3.8, 4) is 0 Å². The van der Waals surface area contributed by atoms with Crippen molar-refractivity contribution in [1.29, 1.82) is 0 Å². The summed E-state index contributed by atoms with van der Waals surface area (Å²) < 4.78 is 5.66. The Hall–Kier alpha value is -1.61. The average molecular weight is 402 g/mol. The number of amides is 1. The molecule has 2 rings (SSSR count). The van der Waals surface area contributed by atoms with E-state index >= 15 is 0 Å². The maximum atomic E-state index is 12.3. The van der Waals surface area contributed by atoms with E-state index in [-0.39, 0.29) is 36.9 Å². The molecule has 1 heterocycles. The minimum absolute atomic E-state index is 0.137. The summed E-state index contributed by atoms with van der Waals surface area (Å²) in [5.74, 6) is -0.860. The van der Waals surface area contributed by atoms with Gasteiger partial charge in [-0.3, -0.25) is 4.79 Å². The minimum atomic E-state index is -0.544. The zero-order valence-electron chi connectivity index (χ0n) is 11.4. The number of hydrogen-bond acceptors (Lipinski definition) is 5. The summed E-state index contributed by atoms with van der Waals surface area (Å²) in [6, 6.07) is 7.45. The molecule has 0 aromatic heterocycles. The van der Waals surface area contributed by atoms with Crippen molar-refractivity contribution in [3.63, 3.8) is 0 Å². The van der Waals surface area contributed by atoms with E-state index in [0.717, 1.165) is 9.26 Å². The lowest BCUT2D eigenvalue weighted by Gasteiger charge is -2.15. The summed E-state index contributed by atoms with van der Waals surface area (Å²) in [7, 11) is 1.28. The van der Waals surface area contributed by atoms with Crippen LogP contribution in [-0.2, 0) is 14.3 Å². The van der Waals surface area contributed by atoms with Gasteiger partial charge in [-0.1, -0.05) is 12.1 Å². The monoisotopic (exact) mass is 402 g/mol. The third kappa shape index (κ3) is 3.35. The number of esters is 1. The van der Waals surface area contributed by atoms with Gasteiger partial charge in [-0.2, -0.15) is 0 Å². The van der Waals surface area contributed by atoms with Crippen LogP contribution >= 0.6 is 22.6 Å². The van der Waals surface area contributed by atoms with E-state index in [9.17, 15) is 9.59 Å². The summed E-state index contributed by atoms with van der Waals surface area (Å²) in [6.45, 7) is 0.157. The highest BCUT2D eigenvalue weighted by Crippen LogP contribution is 2.25. The Balaban J connectivity index is 2.33. The maximum absolute atomic E-state index is 12.3. The van der Waals surface area contributed by atoms with E-state index in [0.29, 0.717) is 0 Å². The molecule has 0 bridgehead atoms. The van der Waals surface area contributed by atoms with Gasteiger partial charge >= 0.3 is 5.97 Å². The van der Waals surface area contributed by atoms with Gasteiger partial charge in [0.15, 0.2) is 0 Å². The van der Waals surface area contributed by atoms with Gasteiger partial charge in [0.1, 0.15) is 5.70 Å². The number of aliphatic hydroxyl groups excluding tert-OH is 1. The fraction of sp³-hybridized carbons (Fsp3) is 0.286. The molecule has 1 aromatic carbocycles. The lowest BCUT2D eigenvalue weighted by Crippen LogP contribution is -2.31. The highest BCUT2D eigenvalue weighted by molar-refractivity contribution is 14.1. The van der Waals surface area contributed by atoms with Gasteiger partial charge in [0.25, 0.3) is 5.91 Å². The molecule has 0 unspecified atom stereocenters. The lowest BCUT2D eigenvalue weighted by atomic mass is 10.2. The topological polar surface area (TPSA) is 78.9 Å². The predicted molar refractivity (Wildman–Crippen MR) is 85.5 cm³/mol. The molecule has 21 heavy (non-hydrogen) atoms. The first-order chi connectivity index (χ1) is 10.1. The molecule has 0 radical (unpaired) electrons. The summed E-state index contributed by atoms with van der Waals surface area (Å²) >= 11 is 2.14. The number of carbonyl (C=O) groups excluding carboxylic acids is 2. The van der Waals surface area contributed by atoms with Crippen LogP contribution in [0.5, 0.6) is 0 Å². The van der Waals surface area contributed by atoms with E-state index < -0.39 is 5.97 Å². The first-order valence-electron chi connectivity index (χ1n) is 6.31. The van der Waals surface area contributed by atoms with Crippen LogP contribution in [0.25, 0.3) is 0 Å². The summed E-state index contributed by atoms with van der Waals surface area (Å²) in [5, 5.41) is 12.0. The van der Waals surface area contributed by atoms with Crippen molar-refractivity contribution in [3.05, 3.63) is 39.1 Å². The second-order valence-electron chi connectivity index (χ2n) is 4.40. The molecule has 0 aliphatic carbocycles. The number of nitrogens with one attached hydrogen (secondary N) is 1. The summed E-state index contributed by atoms with van der Waals surface area (Å²) in [6.07, 6.45) is 0. The molecular formula is C14H15IN2O4. The van der Waals surface area contributed by atoms with E-state index in [1.807, 2.05) is 24.3 Å². The third-order valence-corrected chi connectivity index (χ3v) is 4.03. The number of methoxy groups -OCH3 is 1. The Morgan fingerprint density at radius 2 is 2.19 bits per heavy atom. The Bertz CT molecular complexity index is 600. The van der Waals surface area contributed by atoms with Crippen molar-refractivity contribution >= 4 is 40.2 Å². The van der Waals surface area contributed by atoms with Crippen molar-refractivity contribution in [2.45, 2.75) is 0 Å². The number of rotatable bonds is 5. The number of hydrogen-bond donors (Lipinski definition) is 2. The van der Waals surface area contributed by atoms with Crippen LogP contribution < -0.4 is 5.32 Å². The SMILES string of the molecule is COC(=O)C1=C(Nc2ccccc2I)C(=O)N(CCO)C1. The molecule has 0 spiro atoms. The van der Waals surface area contributed by atoms with Gasteiger partial charge in [0, 0.05) is 10.1 Å². The first-order valence-corrected chi connectivity index (χ1v) is 7.39. The van der Waals surface area contributed by atoms with Gasteiger partial charge in [-0.05, 0) is 34.7 Å². The van der Waals surface area contributed by atoms with Gasteiger partial charge in [0.05, 0.1) is 31.5 Å². The molecular weight excluding hydrogens is 387 g/mol. The van der Waals surface area contributed by atoms with Crippen LogP contribution in [0.15, 0.2) is 35.5 Å². The number of benzene rings is 1. The Morgan fingerprint density at radius 3 is 2.81 bits per heavy atom. The number of β-amino-alcohol motifs (C(OH)–C–C–N with tert-alkyl or cyclic N) is 1. The van der Waals surface area contributed by atoms with E-state index in [1.54, 1.807) is 0 Å². The van der Waals surface area contributed by atoms with E-state index in [2.05, 4.69) is 27.9 Å². The largest absolute Gasteiger partial charge is 0.466 e. The van der Waals surface area contributed by atoms with E-state index in [4.69, 9.17) is 9.84 Å². The quantitative estimate of drug-likeness (QED) is 0.567. The number of ether oxygens (including phenoxy) is 1. The van der Waals surface area contributed by atoms with Crippen molar-refractivity contribution in [1.82, 2.24) is 4.90 Å². The molecule has 1 aliphatic rings. The zero-order valence-corrected chi connectivity index (χ0v) is 13.6. The molecule has 112 valence electrons. The number of aliphatic hydroxyl groups is 1. The van der Waals surface area contributed by atoms with Crippen LogP contribution in [0.2, 0.25) is 0 Å². The summed E-state index contributed by atoms with van der Waals surface area (Å²) in [5.41, 5.74) is 1.23. The highest BCUT2D eigenvalue weighted by Gasteiger charge is 2.34. The second-order valence-corrected chi connectivity index (χ2v) is 5.56. The molecule has 1 aliphatic heterocycles. The second kappa shape index (κ2) is 6.90. The average Bonchev–Trinajstić information content (AvgIpc) is 2.78. The fourth-order valence-electron chi connectivity index (χ4n) is 2.05. The Morgan fingerprint density at radius 1 is 1.48 bits per heavy atom. The normalized spacial score (nSPS) is 14.6. The molecule has 0 saturated carbocycles. The van der Waals surface area contributed by atoms with Crippen LogP contribution in [0.3, 0.4) is 0 Å². The molecule has 1 aromatic rings. The van der Waals surface area contributed by atoms with Crippen LogP contribution in [0.4, 0.5) is 5.69 Å². The van der Waals surface area contributed by atoms with E-state index in [1.165, 1.54) is 12.0 Å². The summed E-state index contributed by atoms with van der Waals surface area (Å²) in [4.78, 5) is 25.6. The third-order valence-electron chi connectivity index (χ3n) is 3.09. The van der Waals surface area contributed by atoms with Crippen molar-refractivity contribution in [2.24, 2.45) is 0 Å². The number of carbonyl (C=O) groups is 2. The molecule has 1 amide bonds. The zero-order chi connectivity index (χ0) is 15.4. The molecule has 0 saturated heterocycles. The van der Waals surface area contributed by atoms with Gasteiger partial charge in [-0.25, -0.2) is 4.79 Å². The number of para-hydroxylation sites is 1. The maximum Gasteiger partial charge on any atom is 0.337 e. The molecule has 6 nitrogen and oxygen atoms in total. The molecule has 0 fully saturated rings. The number of anilines is 1. The lowest BCUT2D eigenvalue weighted by molar-refractivity contribution is -0.136. The van der Waals surface area contributed by atoms with Crippen LogP contribution in [-0.4, -0.2) is 48.7 Å². The first kappa shape index (κ1) is 15.8. The smallest absolute Gasteiger partial charge is 0.337 e. The molecule has 0 atom stereocenters. The van der Waals surface area contributed by atoms with Gasteiger partial charge in [-0.15, -0.1) is 0 Å². The highest BCUT2D eigenvalue weighted by atomic mass is 127. The Labute approximate surface area is 135 Å². The fourth-order valence-corrected chi connectivity index (χ4v) is 2.57. The number of halogens is 1. The van der Waals surface area contributed by atoms with Gasteiger partial charge < -0.3 is 20.1 Å². The Kier molecular flexibility index (Phi) is 5.18. The number of nitrogens with zero attached hydrogens (tertiary/aromatic N) is 1. The van der Waals surface area contributed by atoms with Gasteiger partial charge in [0.2, 0.25) is 0 Å². The van der Waals surface area contributed by atoms with Crippen molar-refractivity contribution in [2.75, 3.05) is 32.1 Å². The standard InChI is InChI=1S/C14H15IN2O4/c1-21-14(20)9-8-17(6-7-18)13(19)12(9)16-11-5-3-2-4-10(11)15/h2-5,16,18H,6-8H2,1H3. The van der Waals surface area contributed by atoms with Crippen molar-refractivity contribution < 1.29 is 19.4 Å². The minimum Gasteiger partial charge on any atom is -0.466 e. The molecule has 7 heteroatoms.